The van der Waals surface area contributed by atoms with Crippen LogP contribution in [-0.4, -0.2) is 119 Å². The highest BCUT2D eigenvalue weighted by Crippen LogP contribution is 2.45. The summed E-state index contributed by atoms with van der Waals surface area (Å²) in [6.45, 7) is 0.696. The van der Waals surface area contributed by atoms with Gasteiger partial charge in [-0.3, -0.25) is 33.7 Å². The van der Waals surface area contributed by atoms with Gasteiger partial charge in [0.1, 0.15) is 75.3 Å². The number of rotatable bonds is 15. The van der Waals surface area contributed by atoms with Gasteiger partial charge in [0, 0.05) is 60.5 Å². The Hall–Kier alpha value is -8.17. The van der Waals surface area contributed by atoms with Gasteiger partial charge in [-0.25, -0.2) is 9.55 Å². The summed E-state index contributed by atoms with van der Waals surface area (Å²) >= 11 is 14.5. The van der Waals surface area contributed by atoms with E-state index in [2.05, 4.69) is 36.7 Å². The Morgan fingerprint density at radius 2 is 1.71 bits per heavy atom. The van der Waals surface area contributed by atoms with Crippen molar-refractivity contribution in [3.8, 4) is 34.1 Å². The first-order chi connectivity index (χ1) is 36.2. The Balaban J connectivity index is 1.02. The van der Waals surface area contributed by atoms with Crippen molar-refractivity contribution in [2.75, 3.05) is 24.6 Å². The number of hydrogen-bond acceptors (Lipinski definition) is 19. The molecule has 24 nitrogen and oxygen atoms in total. The van der Waals surface area contributed by atoms with Crippen LogP contribution in [-0.2, 0) is 44.9 Å². The summed E-state index contributed by atoms with van der Waals surface area (Å²) in [5.74, 6) is -9.21. The lowest BCUT2D eigenvalue weighted by Gasteiger charge is -2.50. The number of phenols is 4. The molecular weight excluding hydrogens is 1080 g/mol. The van der Waals surface area contributed by atoms with Crippen molar-refractivity contribution in [2.24, 2.45) is 5.16 Å². The summed E-state index contributed by atoms with van der Waals surface area (Å²) in [5.41, 5.74) is 4.42. The molecular formula is C48H44Cl2N10O14S2. The maximum absolute atomic E-state index is 14.5. The number of benzene rings is 3. The molecule has 12 N–H and O–H groups in total. The van der Waals surface area contributed by atoms with Crippen LogP contribution in [0.4, 0.5) is 5.13 Å². The number of halogens is 2. The molecule has 396 valence electrons. The zero-order valence-electron chi connectivity index (χ0n) is 39.4. The van der Waals surface area contributed by atoms with Crippen molar-refractivity contribution in [3.05, 3.63) is 122 Å². The van der Waals surface area contributed by atoms with E-state index in [4.69, 9.17) is 33.8 Å². The summed E-state index contributed by atoms with van der Waals surface area (Å²) in [5, 5.41) is 82.7. The predicted molar refractivity (Wildman–Crippen MR) is 270 cm³/mol. The first-order valence-electron chi connectivity index (χ1n) is 22.7. The molecule has 0 spiro atoms. The topological polar surface area (TPSA) is 371 Å². The lowest BCUT2D eigenvalue weighted by Crippen LogP contribution is -2.71. The molecule has 76 heavy (non-hydrogen) atoms. The highest BCUT2D eigenvalue weighted by atomic mass is 35.5. The number of thioether (sulfide) groups is 1. The van der Waals surface area contributed by atoms with Gasteiger partial charge in [0.2, 0.25) is 23.6 Å². The van der Waals surface area contributed by atoms with Crippen LogP contribution >= 0.6 is 46.3 Å². The summed E-state index contributed by atoms with van der Waals surface area (Å²) in [6, 6.07) is 7.70. The minimum atomic E-state index is -1.97. The number of aromatic hydroxyl groups is 4. The number of hydrogen-bond donors (Lipinski definition) is 11. The number of carboxylic acid groups (broad SMARTS) is 1. The highest BCUT2D eigenvalue weighted by molar-refractivity contribution is 8.00. The van der Waals surface area contributed by atoms with Gasteiger partial charge in [-0.15, -0.1) is 11.8 Å². The number of nitrogens with zero attached hydrogens (tertiary/aromatic N) is 4. The number of aliphatic carboxylic acids is 1. The zero-order valence-corrected chi connectivity index (χ0v) is 42.5. The quantitative estimate of drug-likeness (QED) is 0.0222. The molecule has 0 unspecified atom stereocenters. The first kappa shape index (κ1) is 54.1. The normalized spacial score (nSPS) is 19.8. The highest BCUT2D eigenvalue weighted by Gasteiger charge is 2.53. The molecule has 5 heterocycles. The SMILES string of the molecule is CC(=O)N[C@H]1C(=O)N[C@@H]([C@H](O)c2ccc(O)c(Cl)c2)C(=O)N[C@H](C(=O)NCCCO/N=C(\C(=O)N[C@@H]2C(=O)N3C(C(=O)[O-])=C(C[n+]4ccccc4)CS[C@H]23)c2nc(N)sc2Cl)c2cc(O)cc(O)c2-c2cc1ccc2O. The van der Waals surface area contributed by atoms with Crippen molar-refractivity contribution in [3.63, 3.8) is 0 Å². The average Bonchev–Trinajstić information content (AvgIpc) is 3.76. The van der Waals surface area contributed by atoms with Crippen LogP contribution in [0.3, 0.4) is 0 Å². The molecule has 28 heteroatoms. The Morgan fingerprint density at radius 1 is 0.974 bits per heavy atom. The fraction of sp³-hybridized carbons (Fsp3) is 0.250. The number of amides is 6. The van der Waals surface area contributed by atoms with Crippen LogP contribution in [0.15, 0.2) is 95.5 Å². The largest absolute Gasteiger partial charge is 0.543 e. The molecule has 8 rings (SSSR count). The molecule has 5 aromatic rings. The summed E-state index contributed by atoms with van der Waals surface area (Å²) in [7, 11) is 0. The number of fused-ring (bicyclic) bond motifs is 5. The number of aliphatic hydroxyl groups is 1. The molecule has 0 radical (unpaired) electrons. The molecule has 1 fully saturated rings. The van der Waals surface area contributed by atoms with Gasteiger partial charge >= 0.3 is 0 Å². The van der Waals surface area contributed by atoms with E-state index in [1.807, 2.05) is 0 Å². The van der Waals surface area contributed by atoms with E-state index in [1.54, 1.807) is 35.2 Å². The molecule has 3 aliphatic rings. The van der Waals surface area contributed by atoms with Gasteiger partial charge in [-0.1, -0.05) is 57.9 Å². The van der Waals surface area contributed by atoms with Gasteiger partial charge < -0.3 is 72.6 Å². The summed E-state index contributed by atoms with van der Waals surface area (Å²) < 4.78 is 1.68. The molecule has 2 bridgehead atoms. The second kappa shape index (κ2) is 22.7. The number of aromatic nitrogens is 2. The van der Waals surface area contributed by atoms with Crippen LogP contribution < -0.4 is 42.0 Å². The first-order valence-corrected chi connectivity index (χ1v) is 25.3. The molecule has 6 amide bonds. The van der Waals surface area contributed by atoms with E-state index in [-0.39, 0.29) is 91.3 Å². The van der Waals surface area contributed by atoms with Crippen LogP contribution in [0.2, 0.25) is 9.36 Å². The van der Waals surface area contributed by atoms with Gasteiger partial charge in [0.25, 0.3) is 11.8 Å². The van der Waals surface area contributed by atoms with Crippen molar-refractivity contribution < 1.29 is 73.6 Å². The van der Waals surface area contributed by atoms with Gasteiger partial charge in [-0.05, 0) is 47.0 Å². The van der Waals surface area contributed by atoms with Crippen molar-refractivity contribution in [2.45, 2.75) is 55.5 Å². The third-order valence-corrected chi connectivity index (χ3v) is 14.7. The van der Waals surface area contributed by atoms with Crippen LogP contribution in [0, 0.1) is 0 Å². The number of β-lactam (4-membered cyclic amide) rings is 1. The van der Waals surface area contributed by atoms with Crippen molar-refractivity contribution in [1.29, 1.82) is 0 Å². The lowest BCUT2D eigenvalue weighted by molar-refractivity contribution is -0.689. The number of aliphatic hydroxyl groups excluding tert-OH is 1. The number of carbonyl (C=O) groups is 7. The number of pyridine rings is 1. The standard InChI is InChI=1S/C48H44Cl2N10O14S2/c1-20(61)53-32-21-6-8-28(63)25(14-21)31-26(16-24(62)17-30(31)65)33(54-44(70)36(55-42(32)68)39(66)22-7-9-29(64)27(49)15-22)41(67)52-10-5-13-74-58-35(34-40(50)76-48(51)57-34)43(69)56-37-45(71)60-38(47(72)73)23(19-75-46(37)60)18-59-11-3-2-4-12-59/h2-4,6-9,11-12,14-17,32-33,36-37,39,46,66H,5,10,13,18-19H2,1H3,(H11-,51,52,53,54,55,56,57,58,61,62,63,64,65,67,68,69,70,72,73)/t32-,33+,36+,37-,39-,46-/m1/s1. The Morgan fingerprint density at radius 3 is 2.39 bits per heavy atom. The summed E-state index contributed by atoms with van der Waals surface area (Å²) in [4.78, 5) is 106. The number of carboxylic acids is 1. The van der Waals surface area contributed by atoms with Crippen LogP contribution in [0.25, 0.3) is 11.1 Å². The maximum atomic E-state index is 14.5. The van der Waals surface area contributed by atoms with Crippen molar-refractivity contribution in [1.82, 2.24) is 36.5 Å². The predicted octanol–water partition coefficient (Wildman–Crippen LogP) is 0.407. The zero-order chi connectivity index (χ0) is 54.7. The van der Waals surface area contributed by atoms with E-state index in [9.17, 15) is 64.2 Å². The number of carbonyl (C=O) groups excluding carboxylic acids is 7. The fourth-order valence-corrected chi connectivity index (χ4v) is 11.0. The summed E-state index contributed by atoms with van der Waals surface area (Å²) in [6.07, 6.45) is 1.47. The second-order valence-corrected chi connectivity index (χ2v) is 20.3. The third kappa shape index (κ3) is 11.4. The average molecular weight is 1120 g/mol. The molecule has 0 aliphatic carbocycles. The van der Waals surface area contributed by atoms with E-state index >= 15 is 0 Å². The monoisotopic (exact) mass is 1120 g/mol. The minimum Gasteiger partial charge on any atom is -0.543 e. The second-order valence-electron chi connectivity index (χ2n) is 17.2. The molecule has 0 saturated carbocycles. The lowest BCUT2D eigenvalue weighted by atomic mass is 9.89. The smallest absolute Gasteiger partial charge is 0.276 e. The Bertz CT molecular complexity index is 3250. The number of nitrogens with one attached hydrogen (secondary N) is 5. The number of oxime groups is 1. The number of nitrogen functional groups attached to an aromatic ring is 1. The van der Waals surface area contributed by atoms with Gasteiger partial charge in [0.15, 0.2) is 29.8 Å². The number of anilines is 1. The molecule has 3 aliphatic heterocycles. The van der Waals surface area contributed by atoms with Gasteiger partial charge in [0.05, 0.1) is 16.7 Å². The van der Waals surface area contributed by atoms with E-state index < -0.39 is 100 Å². The fourth-order valence-electron chi connectivity index (χ4n) is 8.51. The molecule has 1 saturated heterocycles. The van der Waals surface area contributed by atoms with E-state index in [1.165, 1.54) is 30.0 Å². The minimum absolute atomic E-state index is 0.00846. The number of nitrogens with two attached hydrogens (primary N) is 1. The van der Waals surface area contributed by atoms with Crippen LogP contribution in [0.1, 0.15) is 53.9 Å². The van der Waals surface area contributed by atoms with E-state index in [0.717, 1.165) is 53.5 Å². The van der Waals surface area contributed by atoms with Crippen molar-refractivity contribution >= 4 is 98.6 Å². The molecule has 6 atom stereocenters. The Kier molecular flexibility index (Phi) is 16.2. The maximum Gasteiger partial charge on any atom is 0.276 e. The van der Waals surface area contributed by atoms with Gasteiger partial charge in [-0.2, -0.15) is 0 Å². The molecule has 2 aromatic heterocycles. The third-order valence-electron chi connectivity index (χ3n) is 12.0. The van der Waals surface area contributed by atoms with Crippen LogP contribution in [0.5, 0.6) is 23.0 Å². The number of thiazole rings is 1. The number of phenolic OH excluding ortho intramolecular Hbond substituents is 4. The molecule has 3 aromatic carbocycles. The van der Waals surface area contributed by atoms with E-state index in [0.29, 0.717) is 5.57 Å². The Labute approximate surface area is 448 Å².